The fourth-order valence-electron chi connectivity index (χ4n) is 1.60. The van der Waals surface area contributed by atoms with Gasteiger partial charge in [0.15, 0.2) is 5.82 Å². The summed E-state index contributed by atoms with van der Waals surface area (Å²) in [7, 11) is 0. The third kappa shape index (κ3) is 3.64. The van der Waals surface area contributed by atoms with Crippen LogP contribution in [-0.4, -0.2) is 33.2 Å². The van der Waals surface area contributed by atoms with Crippen LogP contribution in [-0.2, 0) is 6.42 Å². The molecule has 0 amide bonds. The average molecular weight is 262 g/mol. The van der Waals surface area contributed by atoms with E-state index >= 15 is 0 Å². The van der Waals surface area contributed by atoms with Gasteiger partial charge in [-0.2, -0.15) is 9.97 Å². The van der Waals surface area contributed by atoms with Crippen molar-refractivity contribution in [3.8, 4) is 0 Å². The summed E-state index contributed by atoms with van der Waals surface area (Å²) in [5, 5.41) is 10.2. The van der Waals surface area contributed by atoms with E-state index in [1.54, 1.807) is 13.1 Å². The van der Waals surface area contributed by atoms with Gasteiger partial charge >= 0.3 is 0 Å². The maximum atomic E-state index is 4.92. The van der Waals surface area contributed by atoms with Crippen molar-refractivity contribution in [2.75, 3.05) is 23.7 Å². The predicted molar refractivity (Wildman–Crippen MR) is 72.2 cm³/mol. The summed E-state index contributed by atoms with van der Waals surface area (Å²) < 4.78 is 4.92. The lowest BCUT2D eigenvalue weighted by Crippen LogP contribution is -2.11. The van der Waals surface area contributed by atoms with E-state index in [9.17, 15) is 0 Å². The Bertz CT molecular complexity index is 539. The number of aromatic nitrogens is 4. The average Bonchev–Trinajstić information content (AvgIpc) is 2.79. The van der Waals surface area contributed by atoms with Crippen LogP contribution in [0.25, 0.3) is 0 Å². The molecule has 19 heavy (non-hydrogen) atoms. The summed E-state index contributed by atoms with van der Waals surface area (Å²) >= 11 is 0. The Labute approximate surface area is 111 Å². The third-order valence-corrected chi connectivity index (χ3v) is 2.52. The fourth-order valence-corrected chi connectivity index (χ4v) is 1.60. The minimum absolute atomic E-state index is 0.586. The molecular formula is C12H18N6O. The summed E-state index contributed by atoms with van der Waals surface area (Å²) in [4.78, 5) is 12.7. The summed E-state index contributed by atoms with van der Waals surface area (Å²) in [5.74, 6) is 2.74. The molecule has 0 saturated heterocycles. The molecule has 0 radical (unpaired) electrons. The second-order valence-electron chi connectivity index (χ2n) is 4.16. The Morgan fingerprint density at radius 1 is 1.21 bits per heavy atom. The SMILES string of the molecule is CCNc1ncc(C)c(NCCc2noc(C)n2)n1. The molecule has 0 unspecified atom stereocenters. The molecule has 0 atom stereocenters. The van der Waals surface area contributed by atoms with Crippen molar-refractivity contribution < 1.29 is 4.52 Å². The van der Waals surface area contributed by atoms with E-state index in [4.69, 9.17) is 4.52 Å². The van der Waals surface area contributed by atoms with Crippen molar-refractivity contribution in [1.82, 2.24) is 20.1 Å². The molecule has 2 N–H and O–H groups in total. The highest BCUT2D eigenvalue weighted by Crippen LogP contribution is 2.12. The standard InChI is InChI=1S/C12H18N6O/c1-4-13-12-15-7-8(2)11(17-12)14-6-5-10-16-9(3)19-18-10/h7H,4-6H2,1-3H3,(H2,13,14,15,17). The first-order valence-electron chi connectivity index (χ1n) is 6.29. The Morgan fingerprint density at radius 3 is 2.74 bits per heavy atom. The first-order chi connectivity index (χ1) is 9.19. The number of aryl methyl sites for hydroxylation is 2. The van der Waals surface area contributed by atoms with Crippen LogP contribution in [0.3, 0.4) is 0 Å². The summed E-state index contributed by atoms with van der Waals surface area (Å²) in [6, 6.07) is 0. The summed E-state index contributed by atoms with van der Waals surface area (Å²) in [6.45, 7) is 7.25. The molecule has 102 valence electrons. The number of anilines is 2. The van der Waals surface area contributed by atoms with Crippen LogP contribution in [0.5, 0.6) is 0 Å². The summed E-state index contributed by atoms with van der Waals surface area (Å²) in [6.07, 6.45) is 2.49. The van der Waals surface area contributed by atoms with Crippen LogP contribution in [0.2, 0.25) is 0 Å². The van der Waals surface area contributed by atoms with Crippen molar-refractivity contribution in [2.24, 2.45) is 0 Å². The number of nitrogens with zero attached hydrogens (tertiary/aromatic N) is 4. The van der Waals surface area contributed by atoms with Gasteiger partial charge in [0, 0.05) is 38.2 Å². The van der Waals surface area contributed by atoms with Gasteiger partial charge in [-0.25, -0.2) is 4.98 Å². The van der Waals surface area contributed by atoms with E-state index in [1.165, 1.54) is 0 Å². The van der Waals surface area contributed by atoms with Gasteiger partial charge in [0.05, 0.1) is 0 Å². The quantitative estimate of drug-likeness (QED) is 0.816. The molecule has 0 spiro atoms. The molecule has 7 heteroatoms. The molecule has 7 nitrogen and oxygen atoms in total. The maximum Gasteiger partial charge on any atom is 0.224 e. The summed E-state index contributed by atoms with van der Waals surface area (Å²) in [5.41, 5.74) is 1.01. The first-order valence-corrected chi connectivity index (χ1v) is 6.29. The molecular weight excluding hydrogens is 244 g/mol. The number of hydrogen-bond acceptors (Lipinski definition) is 7. The molecule has 2 aromatic heterocycles. The third-order valence-electron chi connectivity index (χ3n) is 2.52. The smallest absolute Gasteiger partial charge is 0.224 e. The van der Waals surface area contributed by atoms with Crippen LogP contribution < -0.4 is 10.6 Å². The van der Waals surface area contributed by atoms with Crippen molar-refractivity contribution >= 4 is 11.8 Å². The van der Waals surface area contributed by atoms with Crippen molar-refractivity contribution in [3.05, 3.63) is 23.5 Å². The molecule has 2 rings (SSSR count). The van der Waals surface area contributed by atoms with Crippen LogP contribution >= 0.6 is 0 Å². The Kier molecular flexibility index (Phi) is 4.27. The van der Waals surface area contributed by atoms with E-state index in [-0.39, 0.29) is 0 Å². The van der Waals surface area contributed by atoms with Gasteiger partial charge in [0.1, 0.15) is 5.82 Å². The van der Waals surface area contributed by atoms with Crippen molar-refractivity contribution in [1.29, 1.82) is 0 Å². The second kappa shape index (κ2) is 6.12. The minimum atomic E-state index is 0.586. The molecule has 0 aromatic carbocycles. The lowest BCUT2D eigenvalue weighted by Gasteiger charge is -2.09. The number of nitrogens with one attached hydrogen (secondary N) is 2. The van der Waals surface area contributed by atoms with E-state index in [0.717, 1.165) is 17.9 Å². The molecule has 0 saturated carbocycles. The van der Waals surface area contributed by atoms with Crippen LogP contribution in [0, 0.1) is 13.8 Å². The van der Waals surface area contributed by atoms with Crippen LogP contribution in [0.4, 0.5) is 11.8 Å². The molecule has 0 aliphatic rings. The zero-order valence-electron chi connectivity index (χ0n) is 11.4. The zero-order chi connectivity index (χ0) is 13.7. The molecule has 2 heterocycles. The van der Waals surface area contributed by atoms with Gasteiger partial charge in [0.2, 0.25) is 11.8 Å². The Morgan fingerprint density at radius 2 is 2.05 bits per heavy atom. The number of hydrogen-bond donors (Lipinski definition) is 2. The highest BCUT2D eigenvalue weighted by molar-refractivity contribution is 5.46. The van der Waals surface area contributed by atoms with E-state index in [2.05, 4.69) is 30.7 Å². The molecule has 0 fully saturated rings. The highest BCUT2D eigenvalue weighted by atomic mass is 16.5. The monoisotopic (exact) mass is 262 g/mol. The highest BCUT2D eigenvalue weighted by Gasteiger charge is 2.05. The van der Waals surface area contributed by atoms with Gasteiger partial charge in [-0.1, -0.05) is 5.16 Å². The fraction of sp³-hybridized carbons (Fsp3) is 0.500. The minimum Gasteiger partial charge on any atom is -0.369 e. The van der Waals surface area contributed by atoms with Crippen molar-refractivity contribution in [2.45, 2.75) is 27.2 Å². The van der Waals surface area contributed by atoms with Gasteiger partial charge in [-0.3, -0.25) is 0 Å². The van der Waals surface area contributed by atoms with Gasteiger partial charge in [-0.05, 0) is 13.8 Å². The van der Waals surface area contributed by atoms with E-state index < -0.39 is 0 Å². The maximum absolute atomic E-state index is 4.92. The Balaban J connectivity index is 1.93. The normalized spacial score (nSPS) is 10.5. The van der Waals surface area contributed by atoms with Gasteiger partial charge in [-0.15, -0.1) is 0 Å². The molecule has 0 aliphatic heterocycles. The van der Waals surface area contributed by atoms with Crippen LogP contribution in [0.15, 0.2) is 10.7 Å². The van der Waals surface area contributed by atoms with Crippen LogP contribution in [0.1, 0.15) is 24.2 Å². The van der Waals surface area contributed by atoms with Gasteiger partial charge in [0.25, 0.3) is 0 Å². The lowest BCUT2D eigenvalue weighted by atomic mass is 10.3. The van der Waals surface area contributed by atoms with Gasteiger partial charge < -0.3 is 15.2 Å². The topological polar surface area (TPSA) is 88.8 Å². The van der Waals surface area contributed by atoms with E-state index in [1.807, 2.05) is 13.8 Å². The largest absolute Gasteiger partial charge is 0.369 e. The molecule has 0 bridgehead atoms. The molecule has 0 aliphatic carbocycles. The zero-order valence-corrected chi connectivity index (χ0v) is 11.4. The second-order valence-corrected chi connectivity index (χ2v) is 4.16. The molecule has 2 aromatic rings. The number of rotatable bonds is 6. The van der Waals surface area contributed by atoms with E-state index in [0.29, 0.717) is 30.6 Å². The predicted octanol–water partition coefficient (Wildman–Crippen LogP) is 1.56. The lowest BCUT2D eigenvalue weighted by molar-refractivity contribution is 0.387. The Hall–Kier alpha value is -2.18. The van der Waals surface area contributed by atoms with Crippen molar-refractivity contribution in [3.63, 3.8) is 0 Å². The first kappa shape index (κ1) is 13.3.